The van der Waals surface area contributed by atoms with Crippen LogP contribution < -0.4 is 5.32 Å². The van der Waals surface area contributed by atoms with Gasteiger partial charge in [0.2, 0.25) is 10.0 Å². The van der Waals surface area contributed by atoms with Crippen molar-refractivity contribution >= 4 is 27.6 Å². The fraction of sp³-hybridized carbons (Fsp3) is 0.444. The predicted molar refractivity (Wildman–Crippen MR) is 99.3 cm³/mol. The summed E-state index contributed by atoms with van der Waals surface area (Å²) >= 11 is 0. The maximum absolute atomic E-state index is 12.7. The van der Waals surface area contributed by atoms with E-state index in [1.165, 1.54) is 30.3 Å². The SMILES string of the molecule is CCN(CC)S(=O)(=O)c1ccc(C)c(NC=C2C(=O)OC(C)(C)OC2=O)c1. The Hall–Kier alpha value is -2.39. The largest absolute Gasteiger partial charge is 0.419 e. The summed E-state index contributed by atoms with van der Waals surface area (Å²) in [7, 11) is -3.63. The molecule has 8 nitrogen and oxygen atoms in total. The summed E-state index contributed by atoms with van der Waals surface area (Å²) in [5.41, 5.74) is 0.884. The molecule has 1 aromatic rings. The minimum absolute atomic E-state index is 0.118. The van der Waals surface area contributed by atoms with Gasteiger partial charge in [-0.05, 0) is 24.6 Å². The molecule has 1 aliphatic heterocycles. The number of hydrogen-bond acceptors (Lipinski definition) is 7. The Morgan fingerprint density at radius 1 is 1.11 bits per heavy atom. The molecule has 0 saturated carbocycles. The number of nitrogens with zero attached hydrogens (tertiary/aromatic N) is 1. The van der Waals surface area contributed by atoms with E-state index in [9.17, 15) is 18.0 Å². The van der Waals surface area contributed by atoms with Gasteiger partial charge in [0.1, 0.15) is 0 Å². The molecule has 1 aromatic carbocycles. The first-order chi connectivity index (χ1) is 12.5. The summed E-state index contributed by atoms with van der Waals surface area (Å²) in [5, 5.41) is 2.81. The second-order valence-corrected chi connectivity index (χ2v) is 8.39. The summed E-state index contributed by atoms with van der Waals surface area (Å²) in [6.07, 6.45) is 1.16. The lowest BCUT2D eigenvalue weighted by Crippen LogP contribution is -2.42. The molecule has 1 saturated heterocycles. The molecular formula is C18H24N2O6S. The van der Waals surface area contributed by atoms with Crippen molar-refractivity contribution in [2.24, 2.45) is 0 Å². The number of carbonyl (C=O) groups excluding carboxylic acids is 2. The highest BCUT2D eigenvalue weighted by molar-refractivity contribution is 7.89. The van der Waals surface area contributed by atoms with Crippen LogP contribution in [0.5, 0.6) is 0 Å². The molecule has 1 heterocycles. The van der Waals surface area contributed by atoms with Crippen LogP contribution in [0.2, 0.25) is 0 Å². The van der Waals surface area contributed by atoms with Crippen molar-refractivity contribution in [1.82, 2.24) is 4.31 Å². The van der Waals surface area contributed by atoms with Gasteiger partial charge in [0.15, 0.2) is 5.57 Å². The van der Waals surface area contributed by atoms with Gasteiger partial charge >= 0.3 is 11.9 Å². The number of nitrogens with one attached hydrogen (secondary N) is 1. The third-order valence-electron chi connectivity index (χ3n) is 4.04. The van der Waals surface area contributed by atoms with E-state index in [0.29, 0.717) is 18.8 Å². The lowest BCUT2D eigenvalue weighted by atomic mass is 10.2. The van der Waals surface area contributed by atoms with E-state index < -0.39 is 27.7 Å². The average Bonchev–Trinajstić information content (AvgIpc) is 2.55. The average molecular weight is 396 g/mol. The Labute approximate surface area is 159 Å². The molecule has 0 bridgehead atoms. The van der Waals surface area contributed by atoms with Crippen LogP contribution in [0.3, 0.4) is 0 Å². The molecule has 0 atom stereocenters. The number of hydrogen-bond donors (Lipinski definition) is 1. The lowest BCUT2D eigenvalue weighted by molar-refractivity contribution is -0.222. The Bertz CT molecular complexity index is 863. The normalized spacial score (nSPS) is 16.7. The predicted octanol–water partition coefficient (Wildman–Crippen LogP) is 2.16. The summed E-state index contributed by atoms with van der Waals surface area (Å²) in [4.78, 5) is 24.1. The van der Waals surface area contributed by atoms with E-state index in [4.69, 9.17) is 9.47 Å². The van der Waals surface area contributed by atoms with Gasteiger partial charge in [-0.3, -0.25) is 0 Å². The van der Waals surface area contributed by atoms with Crippen LogP contribution in [0, 0.1) is 6.92 Å². The van der Waals surface area contributed by atoms with Crippen molar-refractivity contribution < 1.29 is 27.5 Å². The van der Waals surface area contributed by atoms with Gasteiger partial charge in [0.25, 0.3) is 5.79 Å². The molecule has 0 aliphatic carbocycles. The van der Waals surface area contributed by atoms with Gasteiger partial charge in [-0.25, -0.2) is 18.0 Å². The van der Waals surface area contributed by atoms with Crippen LogP contribution in [0.1, 0.15) is 33.3 Å². The number of benzene rings is 1. The zero-order chi connectivity index (χ0) is 20.4. The number of esters is 2. The summed E-state index contributed by atoms with van der Waals surface area (Å²) in [6, 6.07) is 4.63. The number of carbonyl (C=O) groups is 2. The van der Waals surface area contributed by atoms with Gasteiger partial charge in [0, 0.05) is 38.8 Å². The molecule has 1 N–H and O–H groups in total. The van der Waals surface area contributed by atoms with Gasteiger partial charge in [-0.2, -0.15) is 4.31 Å². The lowest BCUT2D eigenvalue weighted by Gasteiger charge is -2.29. The Balaban J connectivity index is 2.33. The highest BCUT2D eigenvalue weighted by atomic mass is 32.2. The Kier molecular flexibility index (Phi) is 5.96. The smallest absolute Gasteiger partial charge is 0.350 e. The van der Waals surface area contributed by atoms with E-state index in [0.717, 1.165) is 11.8 Å². The first-order valence-electron chi connectivity index (χ1n) is 8.56. The molecule has 0 amide bonds. The van der Waals surface area contributed by atoms with Gasteiger partial charge < -0.3 is 14.8 Å². The van der Waals surface area contributed by atoms with E-state index in [1.807, 2.05) is 0 Å². The number of cyclic esters (lactones) is 2. The molecule has 148 valence electrons. The molecule has 9 heteroatoms. The summed E-state index contributed by atoms with van der Waals surface area (Å²) < 4.78 is 36.7. The maximum atomic E-state index is 12.7. The highest BCUT2D eigenvalue weighted by Crippen LogP contribution is 2.25. The molecule has 1 fully saturated rings. The highest BCUT2D eigenvalue weighted by Gasteiger charge is 2.39. The molecule has 0 spiro atoms. The molecule has 0 radical (unpaired) electrons. The number of ether oxygens (including phenoxy) is 2. The van der Waals surface area contributed by atoms with E-state index in [1.54, 1.807) is 26.8 Å². The quantitative estimate of drug-likeness (QED) is 0.446. The Morgan fingerprint density at radius 2 is 1.67 bits per heavy atom. The molecule has 0 unspecified atom stereocenters. The topological polar surface area (TPSA) is 102 Å². The first-order valence-corrected chi connectivity index (χ1v) is 10.00. The molecule has 2 rings (SSSR count). The van der Waals surface area contributed by atoms with Gasteiger partial charge in [-0.1, -0.05) is 19.9 Å². The zero-order valence-electron chi connectivity index (χ0n) is 16.0. The minimum Gasteiger partial charge on any atom is -0.419 e. The maximum Gasteiger partial charge on any atom is 0.350 e. The van der Waals surface area contributed by atoms with Crippen LogP contribution in [-0.4, -0.2) is 43.5 Å². The van der Waals surface area contributed by atoms with Gasteiger partial charge in [0.05, 0.1) is 4.90 Å². The van der Waals surface area contributed by atoms with E-state index in [-0.39, 0.29) is 10.5 Å². The van der Waals surface area contributed by atoms with Crippen molar-refractivity contribution in [1.29, 1.82) is 0 Å². The van der Waals surface area contributed by atoms with E-state index in [2.05, 4.69) is 5.32 Å². The molecule has 27 heavy (non-hydrogen) atoms. The van der Waals surface area contributed by atoms with E-state index >= 15 is 0 Å². The van der Waals surface area contributed by atoms with Crippen molar-refractivity contribution in [3.05, 3.63) is 35.5 Å². The Morgan fingerprint density at radius 3 is 2.19 bits per heavy atom. The zero-order valence-corrected chi connectivity index (χ0v) is 16.8. The minimum atomic E-state index is -3.63. The molecule has 0 aromatic heterocycles. The van der Waals surface area contributed by atoms with Crippen LogP contribution in [0.25, 0.3) is 0 Å². The first kappa shape index (κ1) is 20.9. The van der Waals surface area contributed by atoms with Crippen LogP contribution in [-0.2, 0) is 29.1 Å². The number of sulfonamides is 1. The second-order valence-electron chi connectivity index (χ2n) is 6.45. The molecule has 1 aliphatic rings. The fourth-order valence-corrected chi connectivity index (χ4v) is 4.04. The third-order valence-corrected chi connectivity index (χ3v) is 6.09. The van der Waals surface area contributed by atoms with Crippen LogP contribution >= 0.6 is 0 Å². The molecular weight excluding hydrogens is 372 g/mol. The standard InChI is InChI=1S/C18H24N2O6S/c1-6-20(7-2)27(23,24)13-9-8-12(3)15(10-13)19-11-14-16(21)25-18(4,5)26-17(14)22/h8-11,19H,6-7H2,1-5H3. The number of aryl methyl sites for hydroxylation is 1. The fourth-order valence-electron chi connectivity index (χ4n) is 2.56. The monoisotopic (exact) mass is 396 g/mol. The van der Waals surface area contributed by atoms with Crippen molar-refractivity contribution in [2.75, 3.05) is 18.4 Å². The number of anilines is 1. The number of rotatable bonds is 6. The second kappa shape index (κ2) is 7.69. The van der Waals surface area contributed by atoms with Crippen LogP contribution in [0.15, 0.2) is 34.9 Å². The summed E-state index contributed by atoms with van der Waals surface area (Å²) in [5.74, 6) is -2.94. The third kappa shape index (κ3) is 4.48. The van der Waals surface area contributed by atoms with Crippen molar-refractivity contribution in [3.63, 3.8) is 0 Å². The van der Waals surface area contributed by atoms with Crippen molar-refractivity contribution in [3.8, 4) is 0 Å². The van der Waals surface area contributed by atoms with Crippen molar-refractivity contribution in [2.45, 2.75) is 45.3 Å². The summed E-state index contributed by atoms with van der Waals surface area (Å²) in [6.45, 7) is 8.92. The van der Waals surface area contributed by atoms with Crippen LogP contribution in [0.4, 0.5) is 5.69 Å². The van der Waals surface area contributed by atoms with Gasteiger partial charge in [-0.15, -0.1) is 0 Å².